The second-order valence-electron chi connectivity index (χ2n) is 5.17. The predicted molar refractivity (Wildman–Crippen MR) is 76.8 cm³/mol. The van der Waals surface area contributed by atoms with Crippen molar-refractivity contribution in [3.8, 4) is 0 Å². The molecule has 0 spiro atoms. The molecule has 0 bridgehead atoms. The number of benzene rings is 1. The molecule has 3 N–H and O–H groups in total. The highest BCUT2D eigenvalue weighted by molar-refractivity contribution is 9.10. The molecule has 0 atom stereocenters. The van der Waals surface area contributed by atoms with Crippen LogP contribution in [0.4, 0.5) is 5.69 Å². The Morgan fingerprint density at radius 1 is 1.41 bits per heavy atom. The van der Waals surface area contributed by atoms with E-state index in [4.69, 9.17) is 5.73 Å². The van der Waals surface area contributed by atoms with Gasteiger partial charge in [0, 0.05) is 23.2 Å². The van der Waals surface area contributed by atoms with Crippen LogP contribution in [0.3, 0.4) is 0 Å². The lowest BCUT2D eigenvalue weighted by Crippen LogP contribution is -2.39. The highest BCUT2D eigenvalue weighted by atomic mass is 79.9. The van der Waals surface area contributed by atoms with Crippen molar-refractivity contribution in [2.45, 2.75) is 39.2 Å². The average molecular weight is 297 g/mol. The molecule has 0 radical (unpaired) electrons. The highest BCUT2D eigenvalue weighted by Gasteiger charge is 2.34. The number of hydrogen-bond donors (Lipinski definition) is 2. The summed E-state index contributed by atoms with van der Waals surface area (Å²) in [6.45, 7) is 4.38. The minimum atomic E-state index is 0.588. The van der Waals surface area contributed by atoms with Gasteiger partial charge in [-0.2, -0.15) is 0 Å². The second-order valence-corrected chi connectivity index (χ2v) is 6.02. The molecule has 17 heavy (non-hydrogen) atoms. The Hall–Kier alpha value is -0.540. The van der Waals surface area contributed by atoms with Crippen LogP contribution >= 0.6 is 15.9 Å². The molecule has 1 fully saturated rings. The van der Waals surface area contributed by atoms with Gasteiger partial charge in [-0.3, -0.25) is 0 Å². The van der Waals surface area contributed by atoms with E-state index in [0.29, 0.717) is 5.41 Å². The van der Waals surface area contributed by atoms with E-state index in [2.05, 4.69) is 40.3 Å². The molecule has 2 nitrogen and oxygen atoms in total. The SMILES string of the molecule is CCC1(CNCc2ccc(N)c(Br)c2)CCC1. The van der Waals surface area contributed by atoms with Gasteiger partial charge in [-0.05, 0) is 58.3 Å². The van der Waals surface area contributed by atoms with E-state index in [1.807, 2.05) is 6.07 Å². The van der Waals surface area contributed by atoms with Gasteiger partial charge in [0.25, 0.3) is 0 Å². The zero-order chi connectivity index (χ0) is 12.3. The van der Waals surface area contributed by atoms with Gasteiger partial charge < -0.3 is 11.1 Å². The summed E-state index contributed by atoms with van der Waals surface area (Å²) in [4.78, 5) is 0. The summed E-state index contributed by atoms with van der Waals surface area (Å²) >= 11 is 3.46. The molecule has 3 heteroatoms. The predicted octanol–water partition coefficient (Wildman–Crippen LogP) is 3.70. The van der Waals surface area contributed by atoms with Crippen LogP contribution in [0.2, 0.25) is 0 Å². The number of halogens is 1. The van der Waals surface area contributed by atoms with E-state index in [-0.39, 0.29) is 0 Å². The summed E-state index contributed by atoms with van der Waals surface area (Å²) in [5, 5.41) is 3.58. The fourth-order valence-electron chi connectivity index (χ4n) is 2.48. The van der Waals surface area contributed by atoms with Crippen molar-refractivity contribution in [3.63, 3.8) is 0 Å². The summed E-state index contributed by atoms with van der Waals surface area (Å²) < 4.78 is 0.991. The monoisotopic (exact) mass is 296 g/mol. The Balaban J connectivity index is 1.83. The normalized spacial score (nSPS) is 17.8. The van der Waals surface area contributed by atoms with Gasteiger partial charge >= 0.3 is 0 Å². The van der Waals surface area contributed by atoms with Gasteiger partial charge in [-0.15, -0.1) is 0 Å². The van der Waals surface area contributed by atoms with Crippen LogP contribution in [0, 0.1) is 5.41 Å². The number of nitrogens with two attached hydrogens (primary N) is 1. The second kappa shape index (κ2) is 5.40. The van der Waals surface area contributed by atoms with Crippen LogP contribution in [0.15, 0.2) is 22.7 Å². The minimum Gasteiger partial charge on any atom is -0.398 e. The van der Waals surface area contributed by atoms with E-state index >= 15 is 0 Å². The van der Waals surface area contributed by atoms with E-state index < -0.39 is 0 Å². The molecule has 94 valence electrons. The summed E-state index contributed by atoms with van der Waals surface area (Å²) in [7, 11) is 0. The molecule has 0 heterocycles. The first-order valence-corrected chi connectivity index (χ1v) is 7.19. The molecule has 0 amide bonds. The molecule has 2 rings (SSSR count). The number of rotatable bonds is 5. The lowest BCUT2D eigenvalue weighted by molar-refractivity contribution is 0.124. The Kier molecular flexibility index (Phi) is 4.10. The lowest BCUT2D eigenvalue weighted by atomic mass is 9.67. The van der Waals surface area contributed by atoms with Crippen LogP contribution in [0.1, 0.15) is 38.2 Å². The van der Waals surface area contributed by atoms with Crippen molar-refractivity contribution in [3.05, 3.63) is 28.2 Å². The fraction of sp³-hybridized carbons (Fsp3) is 0.571. The Morgan fingerprint density at radius 3 is 2.71 bits per heavy atom. The molecule has 1 aromatic rings. The lowest BCUT2D eigenvalue weighted by Gasteiger charge is -2.41. The summed E-state index contributed by atoms with van der Waals surface area (Å²) in [6, 6.07) is 6.15. The molecule has 1 aromatic carbocycles. The van der Waals surface area contributed by atoms with Crippen LogP contribution in [0.5, 0.6) is 0 Å². The first-order valence-electron chi connectivity index (χ1n) is 6.40. The Morgan fingerprint density at radius 2 is 2.18 bits per heavy atom. The summed E-state index contributed by atoms with van der Waals surface area (Å²) in [5.74, 6) is 0. The van der Waals surface area contributed by atoms with Crippen molar-refractivity contribution in [1.29, 1.82) is 0 Å². The van der Waals surface area contributed by atoms with E-state index in [9.17, 15) is 0 Å². The largest absolute Gasteiger partial charge is 0.398 e. The first-order chi connectivity index (χ1) is 8.15. The molecule has 1 saturated carbocycles. The third-order valence-electron chi connectivity index (χ3n) is 4.06. The van der Waals surface area contributed by atoms with Crippen LogP contribution in [-0.4, -0.2) is 6.54 Å². The van der Waals surface area contributed by atoms with Gasteiger partial charge in [-0.25, -0.2) is 0 Å². The summed E-state index contributed by atoms with van der Waals surface area (Å²) in [5.41, 5.74) is 8.45. The van der Waals surface area contributed by atoms with E-state index in [0.717, 1.165) is 23.2 Å². The van der Waals surface area contributed by atoms with Gasteiger partial charge in [0.05, 0.1) is 0 Å². The topological polar surface area (TPSA) is 38.0 Å². The van der Waals surface area contributed by atoms with Gasteiger partial charge in [-0.1, -0.05) is 19.4 Å². The number of nitrogen functional groups attached to an aromatic ring is 1. The van der Waals surface area contributed by atoms with Crippen molar-refractivity contribution in [1.82, 2.24) is 5.32 Å². The molecule has 1 aliphatic rings. The maximum Gasteiger partial charge on any atom is 0.0458 e. The van der Waals surface area contributed by atoms with Crippen LogP contribution in [0.25, 0.3) is 0 Å². The number of anilines is 1. The quantitative estimate of drug-likeness (QED) is 0.813. The Bertz CT molecular complexity index is 380. The fourth-order valence-corrected chi connectivity index (χ4v) is 2.91. The summed E-state index contributed by atoms with van der Waals surface area (Å²) in [6.07, 6.45) is 5.48. The van der Waals surface area contributed by atoms with Gasteiger partial charge in [0.15, 0.2) is 0 Å². The molecule has 0 saturated heterocycles. The molecular weight excluding hydrogens is 276 g/mol. The molecule has 0 unspecified atom stereocenters. The standard InChI is InChI=1S/C14H21BrN2/c1-2-14(6-3-7-14)10-17-9-11-4-5-13(16)12(15)8-11/h4-5,8,17H,2-3,6-7,9-10,16H2,1H3. The van der Waals surface area contributed by atoms with Crippen LogP contribution in [-0.2, 0) is 6.54 Å². The first kappa shape index (κ1) is 12.9. The number of hydrogen-bond acceptors (Lipinski definition) is 2. The van der Waals surface area contributed by atoms with E-state index in [1.54, 1.807) is 0 Å². The minimum absolute atomic E-state index is 0.588. The highest BCUT2D eigenvalue weighted by Crippen LogP contribution is 2.43. The third kappa shape index (κ3) is 3.02. The van der Waals surface area contributed by atoms with Crippen molar-refractivity contribution in [2.24, 2.45) is 5.41 Å². The molecular formula is C14H21BrN2. The molecule has 0 aliphatic heterocycles. The number of nitrogens with one attached hydrogen (secondary N) is 1. The zero-order valence-corrected chi connectivity index (χ0v) is 12.0. The Labute approximate surface area is 112 Å². The average Bonchev–Trinajstić information content (AvgIpc) is 2.27. The van der Waals surface area contributed by atoms with Gasteiger partial charge in [0.1, 0.15) is 0 Å². The zero-order valence-electron chi connectivity index (χ0n) is 10.4. The molecule has 0 aromatic heterocycles. The maximum absolute atomic E-state index is 5.77. The van der Waals surface area contributed by atoms with Crippen molar-refractivity contribution < 1.29 is 0 Å². The third-order valence-corrected chi connectivity index (χ3v) is 4.74. The van der Waals surface area contributed by atoms with E-state index in [1.165, 1.54) is 31.2 Å². The van der Waals surface area contributed by atoms with Crippen LogP contribution < -0.4 is 11.1 Å². The smallest absolute Gasteiger partial charge is 0.0458 e. The van der Waals surface area contributed by atoms with Gasteiger partial charge in [0.2, 0.25) is 0 Å². The van der Waals surface area contributed by atoms with Crippen molar-refractivity contribution >= 4 is 21.6 Å². The maximum atomic E-state index is 5.77. The molecule has 1 aliphatic carbocycles. The van der Waals surface area contributed by atoms with Crippen molar-refractivity contribution in [2.75, 3.05) is 12.3 Å².